The van der Waals surface area contributed by atoms with Gasteiger partial charge in [-0.1, -0.05) is 80.7 Å². The largest absolute Gasteiger partial charge is 0.294 e. The van der Waals surface area contributed by atoms with E-state index >= 15 is 0 Å². The van der Waals surface area contributed by atoms with Crippen molar-refractivity contribution in [3.05, 3.63) is 113 Å². The van der Waals surface area contributed by atoms with Crippen molar-refractivity contribution in [2.24, 2.45) is 0 Å². The highest BCUT2D eigenvalue weighted by molar-refractivity contribution is 5.99. The molecule has 0 saturated heterocycles. The summed E-state index contributed by atoms with van der Waals surface area (Å²) in [6, 6.07) is 6.09. The number of hydrogen-bond acceptors (Lipinski definition) is 1. The summed E-state index contributed by atoms with van der Waals surface area (Å²) in [7, 11) is 0. The van der Waals surface area contributed by atoms with Crippen LogP contribution in [0.5, 0.6) is 0 Å². The molecule has 0 radical (unpaired) electrons. The lowest BCUT2D eigenvalue weighted by molar-refractivity contribution is -0.114. The van der Waals surface area contributed by atoms with Gasteiger partial charge >= 0.3 is 0 Å². The molecule has 0 aromatic heterocycles. The zero-order valence-electron chi connectivity index (χ0n) is 18.6. The number of allylic oxidation sites excluding steroid dienone is 10. The van der Waals surface area contributed by atoms with Gasteiger partial charge in [-0.15, -0.1) is 5.73 Å². The Morgan fingerprint density at radius 2 is 1.86 bits per heavy atom. The van der Waals surface area contributed by atoms with Gasteiger partial charge in [-0.3, -0.25) is 4.79 Å². The number of carbonyl (C=O) groups excluding carboxylic acids is 1. The van der Waals surface area contributed by atoms with E-state index in [9.17, 15) is 4.79 Å². The Kier molecular flexibility index (Phi) is 11.1. The second-order valence-corrected chi connectivity index (χ2v) is 6.86. The van der Waals surface area contributed by atoms with Crippen LogP contribution in [-0.4, -0.2) is 5.78 Å². The maximum absolute atomic E-state index is 12.2. The molecule has 0 aliphatic heterocycles. The molecule has 29 heavy (non-hydrogen) atoms. The highest BCUT2D eigenvalue weighted by Gasteiger charge is 2.10. The number of rotatable bonds is 4. The topological polar surface area (TPSA) is 17.1 Å². The summed E-state index contributed by atoms with van der Waals surface area (Å²) in [4.78, 5) is 12.2. The molecule has 0 saturated carbocycles. The van der Waals surface area contributed by atoms with Gasteiger partial charge in [0.05, 0.1) is 0 Å². The van der Waals surface area contributed by atoms with Gasteiger partial charge < -0.3 is 0 Å². The van der Waals surface area contributed by atoms with Gasteiger partial charge in [-0.25, -0.2) is 0 Å². The fourth-order valence-corrected chi connectivity index (χ4v) is 2.84. The predicted octanol–water partition coefficient (Wildman–Crippen LogP) is 7.49. The van der Waals surface area contributed by atoms with Gasteiger partial charge in [0.1, 0.15) is 0 Å². The van der Waals surface area contributed by atoms with Crippen molar-refractivity contribution in [2.75, 3.05) is 0 Å². The van der Waals surface area contributed by atoms with Crippen molar-refractivity contribution in [3.63, 3.8) is 0 Å². The van der Waals surface area contributed by atoms with E-state index in [1.165, 1.54) is 35.1 Å². The maximum Gasteiger partial charge on any atom is 0.167 e. The minimum Gasteiger partial charge on any atom is -0.294 e. The molecular weight excluding hydrogens is 352 g/mol. The van der Waals surface area contributed by atoms with Crippen LogP contribution >= 0.6 is 0 Å². The Bertz CT molecular complexity index is 894. The maximum atomic E-state index is 12.2. The Morgan fingerprint density at radius 3 is 2.48 bits per heavy atom. The summed E-state index contributed by atoms with van der Waals surface area (Å²) in [5.41, 5.74) is 9.69. The van der Waals surface area contributed by atoms with E-state index < -0.39 is 0 Å². The van der Waals surface area contributed by atoms with E-state index in [1.54, 1.807) is 12.2 Å². The van der Waals surface area contributed by atoms with Gasteiger partial charge in [-0.05, 0) is 68.0 Å². The molecule has 1 aromatic rings. The molecule has 3 rings (SSSR count). The lowest BCUT2D eigenvalue weighted by Crippen LogP contribution is -2.06. The molecule has 2 aliphatic carbocycles. The van der Waals surface area contributed by atoms with Crippen LogP contribution in [0.1, 0.15) is 50.3 Å². The molecule has 0 spiro atoms. The van der Waals surface area contributed by atoms with E-state index in [2.05, 4.69) is 50.5 Å². The average molecular weight is 387 g/mol. The smallest absolute Gasteiger partial charge is 0.167 e. The summed E-state index contributed by atoms with van der Waals surface area (Å²) in [5.74, 6) is 0.135. The first kappa shape index (κ1) is 24.1. The number of carbonyl (C=O) groups is 1. The molecule has 152 valence electrons. The normalized spacial score (nSPS) is 13.8. The lowest BCUT2D eigenvalue weighted by atomic mass is 9.96. The number of hydrogen-bond donors (Lipinski definition) is 0. The summed E-state index contributed by atoms with van der Waals surface area (Å²) < 4.78 is 0. The number of Topliss-reactive ketones (excluding diaryl/α,β-unsaturated/α-hetero) is 1. The van der Waals surface area contributed by atoms with Crippen LogP contribution in [0.15, 0.2) is 95.8 Å². The second kappa shape index (κ2) is 13.3. The van der Waals surface area contributed by atoms with Crippen LogP contribution in [0.2, 0.25) is 0 Å². The van der Waals surface area contributed by atoms with Crippen molar-refractivity contribution in [3.8, 4) is 0 Å². The third-order valence-electron chi connectivity index (χ3n) is 4.70. The van der Waals surface area contributed by atoms with Gasteiger partial charge in [-0.2, -0.15) is 0 Å². The van der Waals surface area contributed by atoms with E-state index in [0.29, 0.717) is 12.0 Å². The standard InChI is InChI=1S/C17H16O.C9H12.C2H6/c1-13-8-7-11-16(14(13)2)12-17(18)15-9-5-3-4-6-10-15;1-8(2)9-6-4-3-5-7-9;1-2/h3-5,7-11H,12H2,1-2H3;4,6-7H,1,3,5H2,2H3;1-2H3. The molecule has 0 atom stereocenters. The molecular formula is C28H34O. The quantitative estimate of drug-likeness (QED) is 0.490. The Morgan fingerprint density at radius 1 is 1.10 bits per heavy atom. The van der Waals surface area contributed by atoms with Crippen LogP contribution in [0, 0.1) is 13.8 Å². The predicted molar refractivity (Wildman–Crippen MR) is 127 cm³/mol. The molecule has 0 unspecified atom stereocenters. The van der Waals surface area contributed by atoms with Crippen molar-refractivity contribution in [2.45, 2.75) is 53.9 Å². The van der Waals surface area contributed by atoms with Gasteiger partial charge in [0.15, 0.2) is 5.78 Å². The van der Waals surface area contributed by atoms with Gasteiger partial charge in [0, 0.05) is 12.0 Å². The lowest BCUT2D eigenvalue weighted by Gasteiger charge is -2.07. The third-order valence-corrected chi connectivity index (χ3v) is 4.70. The number of benzene rings is 1. The second-order valence-electron chi connectivity index (χ2n) is 6.86. The zero-order valence-corrected chi connectivity index (χ0v) is 18.6. The van der Waals surface area contributed by atoms with Gasteiger partial charge in [0.2, 0.25) is 0 Å². The molecule has 0 N–H and O–H groups in total. The fourth-order valence-electron chi connectivity index (χ4n) is 2.84. The highest BCUT2D eigenvalue weighted by atomic mass is 16.1. The first-order valence-corrected chi connectivity index (χ1v) is 10.4. The fraction of sp³-hybridized carbons (Fsp3) is 0.286. The summed E-state index contributed by atoms with van der Waals surface area (Å²) >= 11 is 0. The first-order valence-electron chi connectivity index (χ1n) is 10.4. The Balaban J connectivity index is 0.000000321. The van der Waals surface area contributed by atoms with Crippen molar-refractivity contribution in [1.82, 2.24) is 0 Å². The molecule has 0 heterocycles. The number of ketones is 1. The van der Waals surface area contributed by atoms with E-state index in [-0.39, 0.29) is 5.78 Å². The minimum atomic E-state index is 0.135. The monoisotopic (exact) mass is 386 g/mol. The van der Waals surface area contributed by atoms with E-state index in [1.807, 2.05) is 51.1 Å². The minimum absolute atomic E-state index is 0.135. The molecule has 0 fully saturated rings. The SMILES string of the molecule is C=C(C)C1=CCCC=C1.CC.Cc1cccc(CC(=O)C2=CC=CC=C=C2)c1C. The summed E-state index contributed by atoms with van der Waals surface area (Å²) in [5, 5.41) is 0. The molecule has 0 amide bonds. The third kappa shape index (κ3) is 8.34. The average Bonchev–Trinajstić information content (AvgIpc) is 3.04. The van der Waals surface area contributed by atoms with E-state index in [0.717, 1.165) is 5.56 Å². The van der Waals surface area contributed by atoms with E-state index in [4.69, 9.17) is 0 Å². The Labute approximate surface area is 177 Å². The summed E-state index contributed by atoms with van der Waals surface area (Å²) in [6.07, 6.45) is 18.5. The van der Waals surface area contributed by atoms with Crippen LogP contribution in [0.3, 0.4) is 0 Å². The Hall–Kier alpha value is -2.89. The van der Waals surface area contributed by atoms with Crippen molar-refractivity contribution < 1.29 is 4.79 Å². The van der Waals surface area contributed by atoms with Crippen molar-refractivity contribution >= 4 is 5.78 Å². The van der Waals surface area contributed by atoms with Crippen LogP contribution in [0.25, 0.3) is 0 Å². The highest BCUT2D eigenvalue weighted by Crippen LogP contribution is 2.16. The summed E-state index contributed by atoms with van der Waals surface area (Å²) in [6.45, 7) is 14.0. The zero-order chi connectivity index (χ0) is 21.6. The molecule has 2 aliphatic rings. The molecule has 1 nitrogen and oxygen atoms in total. The molecule has 1 heteroatoms. The first-order chi connectivity index (χ1) is 14.0. The number of aryl methyl sites for hydroxylation is 1. The van der Waals surface area contributed by atoms with Crippen LogP contribution < -0.4 is 0 Å². The molecule has 0 bridgehead atoms. The van der Waals surface area contributed by atoms with Crippen LogP contribution in [0.4, 0.5) is 0 Å². The van der Waals surface area contributed by atoms with Crippen LogP contribution in [-0.2, 0) is 11.2 Å². The molecule has 1 aromatic carbocycles. The van der Waals surface area contributed by atoms with Crippen molar-refractivity contribution in [1.29, 1.82) is 0 Å². The van der Waals surface area contributed by atoms with Gasteiger partial charge in [0.25, 0.3) is 0 Å².